The minimum absolute atomic E-state index is 0.154. The first-order valence-corrected chi connectivity index (χ1v) is 4.75. The number of hydrogen-bond acceptors (Lipinski definition) is 3. The van der Waals surface area contributed by atoms with E-state index in [2.05, 4.69) is 9.72 Å². The maximum absolute atomic E-state index is 12.5. The summed E-state index contributed by atoms with van der Waals surface area (Å²) in [5, 5.41) is 0. The van der Waals surface area contributed by atoms with Crippen LogP contribution in [-0.2, 0) is 10.9 Å². The SMILES string of the molecule is COC(=O)c1c(I)ccnc1C(F)(F)F. The number of halogens is 4. The monoisotopic (exact) mass is 331 g/mol. The summed E-state index contributed by atoms with van der Waals surface area (Å²) in [6, 6.07) is 1.31. The molecule has 1 aromatic rings. The van der Waals surface area contributed by atoms with Crippen LogP contribution in [0.25, 0.3) is 0 Å². The molecule has 1 aromatic heterocycles. The third-order valence-corrected chi connectivity index (χ3v) is 2.46. The number of hydrogen-bond donors (Lipinski definition) is 0. The Balaban J connectivity index is 3.40. The zero-order chi connectivity index (χ0) is 11.6. The second kappa shape index (κ2) is 4.33. The first-order valence-electron chi connectivity index (χ1n) is 3.68. The third kappa shape index (κ3) is 2.58. The van der Waals surface area contributed by atoms with Gasteiger partial charge in [0.15, 0.2) is 5.69 Å². The molecule has 0 spiro atoms. The average Bonchev–Trinajstić information content (AvgIpc) is 2.15. The Kier molecular flexibility index (Phi) is 3.53. The van der Waals surface area contributed by atoms with Gasteiger partial charge in [0.25, 0.3) is 0 Å². The molecule has 0 radical (unpaired) electrons. The van der Waals surface area contributed by atoms with E-state index in [9.17, 15) is 18.0 Å². The van der Waals surface area contributed by atoms with E-state index in [0.29, 0.717) is 0 Å². The molecule has 0 aromatic carbocycles. The molecule has 0 N–H and O–H groups in total. The molecule has 0 fully saturated rings. The molecule has 82 valence electrons. The predicted octanol–water partition coefficient (Wildman–Crippen LogP) is 2.49. The van der Waals surface area contributed by atoms with Gasteiger partial charge in [-0.3, -0.25) is 4.98 Å². The van der Waals surface area contributed by atoms with Crippen LogP contribution in [0.5, 0.6) is 0 Å². The molecule has 1 heterocycles. The van der Waals surface area contributed by atoms with Gasteiger partial charge >= 0.3 is 12.1 Å². The molecule has 0 saturated heterocycles. The molecule has 15 heavy (non-hydrogen) atoms. The van der Waals surface area contributed by atoms with E-state index >= 15 is 0 Å². The first kappa shape index (κ1) is 12.2. The zero-order valence-electron chi connectivity index (χ0n) is 7.43. The fourth-order valence-electron chi connectivity index (χ4n) is 0.949. The van der Waals surface area contributed by atoms with E-state index in [0.717, 1.165) is 13.3 Å². The smallest absolute Gasteiger partial charge is 0.434 e. The lowest BCUT2D eigenvalue weighted by atomic mass is 10.2. The van der Waals surface area contributed by atoms with Gasteiger partial charge in [-0.1, -0.05) is 0 Å². The van der Waals surface area contributed by atoms with Gasteiger partial charge in [-0.15, -0.1) is 0 Å². The number of pyridine rings is 1. The second-order valence-corrected chi connectivity index (χ2v) is 3.67. The number of aromatic nitrogens is 1. The lowest BCUT2D eigenvalue weighted by molar-refractivity contribution is -0.141. The van der Waals surface area contributed by atoms with Crippen LogP contribution in [0.4, 0.5) is 13.2 Å². The van der Waals surface area contributed by atoms with Gasteiger partial charge in [0, 0.05) is 9.77 Å². The standard InChI is InChI=1S/C8H5F3INO2/c1-15-7(14)5-4(12)2-3-13-6(5)8(9,10)11/h2-3H,1H3. The largest absolute Gasteiger partial charge is 0.465 e. The van der Waals surface area contributed by atoms with Crippen molar-refractivity contribution in [2.24, 2.45) is 0 Å². The number of rotatable bonds is 1. The number of esters is 1. The zero-order valence-corrected chi connectivity index (χ0v) is 9.59. The molecular weight excluding hydrogens is 326 g/mol. The Hall–Kier alpha value is -0.860. The van der Waals surface area contributed by atoms with Crippen LogP contribution in [0, 0.1) is 3.57 Å². The maximum atomic E-state index is 12.5. The number of methoxy groups -OCH3 is 1. The molecule has 0 amide bonds. The summed E-state index contributed by atoms with van der Waals surface area (Å²) in [6.45, 7) is 0. The summed E-state index contributed by atoms with van der Waals surface area (Å²) in [5.74, 6) is -1.04. The first-order chi connectivity index (χ1) is 6.88. The van der Waals surface area contributed by atoms with Gasteiger partial charge in [0.2, 0.25) is 0 Å². The number of alkyl halides is 3. The normalized spacial score (nSPS) is 11.3. The Labute approximate surface area is 96.8 Å². The lowest BCUT2D eigenvalue weighted by Gasteiger charge is -2.11. The maximum Gasteiger partial charge on any atom is 0.434 e. The van der Waals surface area contributed by atoms with Crippen molar-refractivity contribution in [3.05, 3.63) is 27.1 Å². The summed E-state index contributed by atoms with van der Waals surface area (Å²) in [5.41, 5.74) is -1.77. The van der Waals surface area contributed by atoms with E-state index < -0.39 is 23.4 Å². The van der Waals surface area contributed by atoms with Gasteiger partial charge in [-0.05, 0) is 28.7 Å². The highest BCUT2D eigenvalue weighted by atomic mass is 127. The number of ether oxygens (including phenoxy) is 1. The van der Waals surface area contributed by atoms with Gasteiger partial charge in [0.05, 0.1) is 7.11 Å². The van der Waals surface area contributed by atoms with Crippen LogP contribution in [0.15, 0.2) is 12.3 Å². The average molecular weight is 331 g/mol. The fraction of sp³-hybridized carbons (Fsp3) is 0.250. The molecule has 0 saturated carbocycles. The topological polar surface area (TPSA) is 39.2 Å². The summed E-state index contributed by atoms with van der Waals surface area (Å²) in [6.07, 6.45) is -3.66. The van der Waals surface area contributed by atoms with Gasteiger partial charge in [-0.25, -0.2) is 4.79 Å². The summed E-state index contributed by atoms with van der Waals surface area (Å²) in [7, 11) is 1.02. The lowest BCUT2D eigenvalue weighted by Crippen LogP contribution is -2.17. The molecule has 0 aliphatic rings. The van der Waals surface area contributed by atoms with Crippen LogP contribution >= 0.6 is 22.6 Å². The Morgan fingerprint density at radius 2 is 2.13 bits per heavy atom. The molecule has 1 rings (SSSR count). The molecule has 0 atom stereocenters. The highest BCUT2D eigenvalue weighted by molar-refractivity contribution is 14.1. The molecular formula is C8H5F3INO2. The molecule has 0 unspecified atom stereocenters. The highest BCUT2D eigenvalue weighted by Gasteiger charge is 2.38. The summed E-state index contributed by atoms with van der Waals surface area (Å²) < 4.78 is 41.8. The molecule has 0 bridgehead atoms. The van der Waals surface area contributed by atoms with Crippen molar-refractivity contribution in [3.63, 3.8) is 0 Å². The number of carbonyl (C=O) groups excluding carboxylic acids is 1. The minimum atomic E-state index is -4.66. The van der Waals surface area contributed by atoms with Crippen LogP contribution in [0.1, 0.15) is 16.1 Å². The molecule has 0 aliphatic carbocycles. The van der Waals surface area contributed by atoms with Crippen molar-refractivity contribution >= 4 is 28.6 Å². The number of carbonyl (C=O) groups is 1. The molecule has 3 nitrogen and oxygen atoms in total. The number of nitrogens with zero attached hydrogens (tertiary/aromatic N) is 1. The Bertz CT molecular complexity index is 392. The van der Waals surface area contributed by atoms with Gasteiger partial charge in [0.1, 0.15) is 5.56 Å². The van der Waals surface area contributed by atoms with Crippen molar-refractivity contribution in [2.75, 3.05) is 7.11 Å². The van der Waals surface area contributed by atoms with Crippen LogP contribution in [0.2, 0.25) is 0 Å². The van der Waals surface area contributed by atoms with Crippen molar-refractivity contribution in [1.29, 1.82) is 0 Å². The fourth-order valence-corrected chi connectivity index (χ4v) is 1.59. The quantitative estimate of drug-likeness (QED) is 0.586. The second-order valence-electron chi connectivity index (χ2n) is 2.51. The molecule has 7 heteroatoms. The van der Waals surface area contributed by atoms with Crippen molar-refractivity contribution in [1.82, 2.24) is 4.98 Å². The highest BCUT2D eigenvalue weighted by Crippen LogP contribution is 2.32. The Morgan fingerprint density at radius 1 is 1.53 bits per heavy atom. The van der Waals surface area contributed by atoms with E-state index in [1.165, 1.54) is 6.07 Å². The van der Waals surface area contributed by atoms with Gasteiger partial charge < -0.3 is 4.74 Å². The Morgan fingerprint density at radius 3 is 2.60 bits per heavy atom. The van der Waals surface area contributed by atoms with E-state index in [1.54, 1.807) is 22.6 Å². The van der Waals surface area contributed by atoms with Crippen LogP contribution in [0.3, 0.4) is 0 Å². The van der Waals surface area contributed by atoms with Crippen LogP contribution in [-0.4, -0.2) is 18.1 Å². The van der Waals surface area contributed by atoms with Crippen molar-refractivity contribution in [2.45, 2.75) is 6.18 Å². The van der Waals surface area contributed by atoms with E-state index in [4.69, 9.17) is 0 Å². The molecule has 0 aliphatic heterocycles. The third-order valence-electron chi connectivity index (χ3n) is 1.56. The van der Waals surface area contributed by atoms with E-state index in [1.807, 2.05) is 0 Å². The summed E-state index contributed by atoms with van der Waals surface area (Å²) >= 11 is 1.62. The van der Waals surface area contributed by atoms with E-state index in [-0.39, 0.29) is 3.57 Å². The van der Waals surface area contributed by atoms with Gasteiger partial charge in [-0.2, -0.15) is 13.2 Å². The van der Waals surface area contributed by atoms with Crippen LogP contribution < -0.4 is 0 Å². The van der Waals surface area contributed by atoms with Crippen molar-refractivity contribution < 1.29 is 22.7 Å². The minimum Gasteiger partial charge on any atom is -0.465 e. The van der Waals surface area contributed by atoms with Crippen molar-refractivity contribution in [3.8, 4) is 0 Å². The predicted molar refractivity (Wildman–Crippen MR) is 53.3 cm³/mol. The summed E-state index contributed by atoms with van der Waals surface area (Å²) in [4.78, 5) is 14.3.